The zero-order valence-corrected chi connectivity index (χ0v) is 11.7. The van der Waals surface area contributed by atoms with Crippen LogP contribution in [0.5, 0.6) is 5.75 Å². The highest BCUT2D eigenvalue weighted by Gasteiger charge is 2.18. The Morgan fingerprint density at radius 2 is 2.11 bits per heavy atom. The second-order valence-corrected chi connectivity index (χ2v) is 5.33. The van der Waals surface area contributed by atoms with E-state index >= 15 is 0 Å². The van der Waals surface area contributed by atoms with Crippen molar-refractivity contribution in [1.82, 2.24) is 4.90 Å². The van der Waals surface area contributed by atoms with Crippen molar-refractivity contribution < 1.29 is 4.74 Å². The molecule has 3 nitrogen and oxygen atoms in total. The van der Waals surface area contributed by atoms with Crippen molar-refractivity contribution in [1.29, 1.82) is 5.26 Å². The zero-order valence-electron chi connectivity index (χ0n) is 11.7. The Bertz CT molecular complexity index is 421. The van der Waals surface area contributed by atoms with E-state index < -0.39 is 0 Å². The molecule has 0 amide bonds. The van der Waals surface area contributed by atoms with E-state index in [-0.39, 0.29) is 5.41 Å². The number of benzene rings is 1. The Kier molecular flexibility index (Phi) is 5.18. The van der Waals surface area contributed by atoms with Crippen LogP contribution in [-0.4, -0.2) is 32.1 Å². The molecular formula is C15H22N2O. The Morgan fingerprint density at radius 3 is 2.72 bits per heavy atom. The van der Waals surface area contributed by atoms with Crippen LogP contribution in [0.3, 0.4) is 0 Å². The first-order valence-electron chi connectivity index (χ1n) is 6.19. The third-order valence-electron chi connectivity index (χ3n) is 2.88. The van der Waals surface area contributed by atoms with Crippen molar-refractivity contribution in [3.63, 3.8) is 0 Å². The number of rotatable bonds is 6. The van der Waals surface area contributed by atoms with Gasteiger partial charge in [-0.05, 0) is 45.0 Å². The number of methoxy groups -OCH3 is 1. The summed E-state index contributed by atoms with van der Waals surface area (Å²) in [4.78, 5) is 2.20. The summed E-state index contributed by atoms with van der Waals surface area (Å²) in [5.41, 5.74) is 0.972. The predicted octanol–water partition coefficient (Wildman–Crippen LogP) is 2.72. The van der Waals surface area contributed by atoms with Gasteiger partial charge in [0.05, 0.1) is 18.6 Å². The fraction of sp³-hybridized carbons (Fsp3) is 0.533. The van der Waals surface area contributed by atoms with E-state index in [1.54, 1.807) is 7.11 Å². The molecule has 3 heteroatoms. The van der Waals surface area contributed by atoms with Gasteiger partial charge in [0.25, 0.3) is 0 Å². The lowest BCUT2D eigenvalue weighted by Crippen LogP contribution is -2.31. The number of ether oxygens (including phenoxy) is 1. The normalized spacial score (nSPS) is 11.3. The number of nitriles is 1. The Labute approximate surface area is 110 Å². The van der Waals surface area contributed by atoms with E-state index in [9.17, 15) is 0 Å². The Hall–Kier alpha value is -1.53. The predicted molar refractivity (Wildman–Crippen MR) is 73.6 cm³/mol. The molecule has 0 fully saturated rings. The Morgan fingerprint density at radius 1 is 1.39 bits per heavy atom. The molecule has 0 spiro atoms. The van der Waals surface area contributed by atoms with Gasteiger partial charge in [0.1, 0.15) is 5.75 Å². The molecule has 0 aliphatic heterocycles. The van der Waals surface area contributed by atoms with Gasteiger partial charge in [-0.2, -0.15) is 5.26 Å². The fourth-order valence-corrected chi connectivity index (χ4v) is 1.94. The molecular weight excluding hydrogens is 224 g/mol. The van der Waals surface area contributed by atoms with E-state index in [1.807, 2.05) is 26.0 Å². The van der Waals surface area contributed by atoms with Crippen LogP contribution >= 0.6 is 0 Å². The lowest BCUT2D eigenvalue weighted by Gasteiger charge is -2.24. The minimum Gasteiger partial charge on any atom is -0.497 e. The Balaban J connectivity index is 2.47. The molecule has 0 bridgehead atoms. The first-order valence-corrected chi connectivity index (χ1v) is 6.19. The molecule has 0 aromatic heterocycles. The maximum atomic E-state index is 9.00. The van der Waals surface area contributed by atoms with Crippen molar-refractivity contribution >= 4 is 0 Å². The van der Waals surface area contributed by atoms with Gasteiger partial charge < -0.3 is 9.64 Å². The van der Waals surface area contributed by atoms with Crippen LogP contribution < -0.4 is 4.74 Å². The van der Waals surface area contributed by atoms with Gasteiger partial charge in [0.2, 0.25) is 0 Å². The van der Waals surface area contributed by atoms with E-state index in [4.69, 9.17) is 10.00 Å². The second-order valence-electron chi connectivity index (χ2n) is 5.33. The smallest absolute Gasteiger partial charge is 0.119 e. The van der Waals surface area contributed by atoms with Crippen molar-refractivity contribution in [2.24, 2.45) is 5.41 Å². The molecule has 0 saturated heterocycles. The molecule has 1 aromatic carbocycles. The highest BCUT2D eigenvalue weighted by atomic mass is 16.5. The number of nitrogens with zero attached hydrogens (tertiary/aromatic N) is 2. The first kappa shape index (κ1) is 14.5. The summed E-state index contributed by atoms with van der Waals surface area (Å²) in [6.07, 6.45) is 0.967. The summed E-state index contributed by atoms with van der Waals surface area (Å²) in [6.45, 7) is 5.66. The molecule has 0 heterocycles. The third-order valence-corrected chi connectivity index (χ3v) is 2.88. The minimum absolute atomic E-state index is 0.289. The second kappa shape index (κ2) is 6.42. The SMILES string of the molecule is COc1cccc(CCN(C)CC(C)(C)C#N)c1. The van der Waals surface area contributed by atoms with Crippen LogP contribution in [0.1, 0.15) is 19.4 Å². The summed E-state index contributed by atoms with van der Waals surface area (Å²) >= 11 is 0. The molecule has 1 aromatic rings. The van der Waals surface area contributed by atoms with Gasteiger partial charge in [-0.15, -0.1) is 0 Å². The molecule has 0 N–H and O–H groups in total. The molecule has 0 radical (unpaired) electrons. The number of likely N-dealkylation sites (N-methyl/N-ethyl adjacent to an activating group) is 1. The molecule has 1 rings (SSSR count). The van der Waals surface area contributed by atoms with Crippen LogP contribution in [0.2, 0.25) is 0 Å². The van der Waals surface area contributed by atoms with Crippen LogP contribution in [-0.2, 0) is 6.42 Å². The van der Waals surface area contributed by atoms with Crippen LogP contribution in [0.25, 0.3) is 0 Å². The largest absolute Gasteiger partial charge is 0.497 e. The molecule has 0 saturated carbocycles. The number of hydrogen-bond acceptors (Lipinski definition) is 3. The molecule has 18 heavy (non-hydrogen) atoms. The first-order chi connectivity index (χ1) is 8.46. The van der Waals surface area contributed by atoms with Crippen molar-refractivity contribution in [3.05, 3.63) is 29.8 Å². The summed E-state index contributed by atoms with van der Waals surface area (Å²) in [5.74, 6) is 0.896. The van der Waals surface area contributed by atoms with Gasteiger partial charge in [0, 0.05) is 13.1 Å². The zero-order chi connectivity index (χ0) is 13.6. The van der Waals surface area contributed by atoms with Crippen molar-refractivity contribution in [2.75, 3.05) is 27.2 Å². The van der Waals surface area contributed by atoms with Gasteiger partial charge in [-0.1, -0.05) is 12.1 Å². The van der Waals surface area contributed by atoms with E-state index in [1.165, 1.54) is 5.56 Å². The summed E-state index contributed by atoms with van der Waals surface area (Å²) < 4.78 is 5.20. The fourth-order valence-electron chi connectivity index (χ4n) is 1.94. The topological polar surface area (TPSA) is 36.3 Å². The van der Waals surface area contributed by atoms with Crippen molar-refractivity contribution in [2.45, 2.75) is 20.3 Å². The van der Waals surface area contributed by atoms with E-state index in [0.29, 0.717) is 0 Å². The highest BCUT2D eigenvalue weighted by Crippen LogP contribution is 2.16. The van der Waals surface area contributed by atoms with Gasteiger partial charge in [-0.3, -0.25) is 0 Å². The number of hydrogen-bond donors (Lipinski definition) is 0. The average Bonchev–Trinajstić information content (AvgIpc) is 2.36. The lowest BCUT2D eigenvalue weighted by molar-refractivity contribution is 0.258. The van der Waals surface area contributed by atoms with E-state index in [2.05, 4.69) is 30.1 Å². The molecule has 0 unspecified atom stereocenters. The average molecular weight is 246 g/mol. The monoisotopic (exact) mass is 246 g/mol. The maximum Gasteiger partial charge on any atom is 0.119 e. The maximum absolute atomic E-state index is 9.00. The van der Waals surface area contributed by atoms with Crippen LogP contribution in [0, 0.1) is 16.7 Å². The van der Waals surface area contributed by atoms with Gasteiger partial charge in [-0.25, -0.2) is 0 Å². The third kappa shape index (κ3) is 4.77. The quantitative estimate of drug-likeness (QED) is 0.774. The van der Waals surface area contributed by atoms with Gasteiger partial charge in [0.15, 0.2) is 0 Å². The van der Waals surface area contributed by atoms with Crippen LogP contribution in [0.15, 0.2) is 24.3 Å². The standard InChI is InChI=1S/C15H22N2O/c1-15(2,11-16)12-17(3)9-8-13-6-5-7-14(10-13)18-4/h5-7,10H,8-9,12H2,1-4H3. The molecule has 0 aliphatic rings. The summed E-state index contributed by atoms with van der Waals surface area (Å²) in [7, 11) is 3.74. The van der Waals surface area contributed by atoms with Crippen LogP contribution in [0.4, 0.5) is 0 Å². The lowest BCUT2D eigenvalue weighted by atomic mass is 9.95. The van der Waals surface area contributed by atoms with Gasteiger partial charge >= 0.3 is 0 Å². The molecule has 0 atom stereocenters. The molecule has 0 aliphatic carbocycles. The minimum atomic E-state index is -0.289. The van der Waals surface area contributed by atoms with Crippen molar-refractivity contribution in [3.8, 4) is 11.8 Å². The highest BCUT2D eigenvalue weighted by molar-refractivity contribution is 5.28. The molecule has 98 valence electrons. The summed E-state index contributed by atoms with van der Waals surface area (Å²) in [6, 6.07) is 10.4. The summed E-state index contributed by atoms with van der Waals surface area (Å²) in [5, 5.41) is 9.00. The van der Waals surface area contributed by atoms with E-state index in [0.717, 1.165) is 25.3 Å².